The van der Waals surface area contributed by atoms with Crippen molar-refractivity contribution in [1.82, 2.24) is 10.2 Å². The van der Waals surface area contributed by atoms with Crippen molar-refractivity contribution < 1.29 is 9.90 Å². The van der Waals surface area contributed by atoms with Crippen LogP contribution in [0.1, 0.15) is 6.42 Å². The van der Waals surface area contributed by atoms with E-state index in [9.17, 15) is 4.79 Å². The molecule has 0 saturated carbocycles. The lowest BCUT2D eigenvalue weighted by molar-refractivity contribution is -0.142. The molecular formula is C15H20ClN3O2. The molecule has 0 radical (unpaired) electrons. The van der Waals surface area contributed by atoms with Crippen LogP contribution >= 0.6 is 11.6 Å². The summed E-state index contributed by atoms with van der Waals surface area (Å²) in [5.74, 6) is -0.711. The lowest BCUT2D eigenvalue weighted by Crippen LogP contribution is -2.72. The number of nitrogens with one attached hydrogen (secondary N) is 1. The number of hydrogen-bond donors (Lipinski definition) is 2. The van der Waals surface area contributed by atoms with Crippen LogP contribution in [-0.4, -0.2) is 60.8 Å². The Morgan fingerprint density at radius 2 is 1.81 bits per heavy atom. The third kappa shape index (κ3) is 3.00. The summed E-state index contributed by atoms with van der Waals surface area (Å²) in [5.41, 5.74) is 0.996. The molecule has 2 aliphatic rings. The van der Waals surface area contributed by atoms with Crippen molar-refractivity contribution in [2.24, 2.45) is 0 Å². The van der Waals surface area contributed by atoms with E-state index in [0.29, 0.717) is 0 Å². The molecule has 0 aliphatic carbocycles. The third-order valence-electron chi connectivity index (χ3n) is 4.53. The van der Waals surface area contributed by atoms with Crippen LogP contribution in [0.2, 0.25) is 5.02 Å². The Bertz CT molecular complexity index is 508. The Morgan fingerprint density at radius 3 is 2.29 bits per heavy atom. The van der Waals surface area contributed by atoms with Gasteiger partial charge in [-0.25, -0.2) is 0 Å². The van der Waals surface area contributed by atoms with Crippen molar-refractivity contribution in [3.05, 3.63) is 29.3 Å². The Hall–Kier alpha value is -1.30. The summed E-state index contributed by atoms with van der Waals surface area (Å²) in [6, 6.07) is 7.89. The molecule has 0 bridgehead atoms. The number of aliphatic carboxylic acids is 1. The molecule has 0 amide bonds. The van der Waals surface area contributed by atoms with Gasteiger partial charge in [-0.2, -0.15) is 0 Å². The molecule has 2 fully saturated rings. The van der Waals surface area contributed by atoms with E-state index in [2.05, 4.69) is 15.1 Å². The van der Waals surface area contributed by atoms with Crippen molar-refractivity contribution >= 4 is 23.3 Å². The fraction of sp³-hybridized carbons (Fsp3) is 0.533. The van der Waals surface area contributed by atoms with Gasteiger partial charge in [-0.15, -0.1) is 0 Å². The summed E-state index contributed by atoms with van der Waals surface area (Å²) in [4.78, 5) is 15.8. The van der Waals surface area contributed by atoms with Gasteiger partial charge in [-0.05, 0) is 24.3 Å². The highest BCUT2D eigenvalue weighted by Crippen LogP contribution is 2.28. The molecule has 6 heteroatoms. The number of carbonyl (C=O) groups is 1. The second kappa shape index (κ2) is 5.83. The summed E-state index contributed by atoms with van der Waals surface area (Å²) in [5, 5.41) is 13.1. The zero-order valence-electron chi connectivity index (χ0n) is 11.9. The Kier molecular flexibility index (Phi) is 4.06. The van der Waals surface area contributed by atoms with E-state index < -0.39 is 5.97 Å². The number of benzene rings is 1. The predicted molar refractivity (Wildman–Crippen MR) is 83.1 cm³/mol. The van der Waals surface area contributed by atoms with Crippen molar-refractivity contribution in [2.45, 2.75) is 12.0 Å². The van der Waals surface area contributed by atoms with Crippen molar-refractivity contribution in [3.8, 4) is 0 Å². The van der Waals surface area contributed by atoms with Gasteiger partial charge >= 0.3 is 5.97 Å². The number of hydrogen-bond acceptors (Lipinski definition) is 4. The molecule has 114 valence electrons. The van der Waals surface area contributed by atoms with E-state index in [1.807, 2.05) is 24.3 Å². The molecule has 1 aromatic rings. The number of halogens is 1. The van der Waals surface area contributed by atoms with Gasteiger partial charge in [0.25, 0.3) is 0 Å². The first-order valence-electron chi connectivity index (χ1n) is 7.27. The molecule has 0 aromatic heterocycles. The summed E-state index contributed by atoms with van der Waals surface area (Å²) in [7, 11) is 0. The minimum Gasteiger partial charge on any atom is -0.481 e. The molecule has 3 rings (SSSR count). The second-order valence-corrected chi connectivity index (χ2v) is 6.29. The molecule has 0 unspecified atom stereocenters. The number of carboxylic acids is 1. The lowest BCUT2D eigenvalue weighted by Gasteiger charge is -2.53. The Balaban J connectivity index is 1.62. The minimum atomic E-state index is -0.711. The topological polar surface area (TPSA) is 55.8 Å². The third-order valence-corrected chi connectivity index (χ3v) is 4.78. The maximum atomic E-state index is 11.1. The number of carboxylic acid groups (broad SMARTS) is 1. The number of nitrogens with zero attached hydrogens (tertiary/aromatic N) is 2. The molecule has 1 aromatic carbocycles. The maximum absolute atomic E-state index is 11.1. The fourth-order valence-electron chi connectivity index (χ4n) is 3.25. The number of anilines is 1. The van der Waals surface area contributed by atoms with Gasteiger partial charge in [-0.3, -0.25) is 9.69 Å². The van der Waals surface area contributed by atoms with Crippen LogP contribution in [0.3, 0.4) is 0 Å². The van der Waals surface area contributed by atoms with Crippen LogP contribution in [0.25, 0.3) is 0 Å². The Morgan fingerprint density at radius 1 is 1.19 bits per heavy atom. The van der Waals surface area contributed by atoms with Gasteiger partial charge in [0.1, 0.15) is 0 Å². The van der Waals surface area contributed by atoms with Gasteiger partial charge in [0, 0.05) is 50.0 Å². The minimum absolute atomic E-state index is 0.183. The summed E-state index contributed by atoms with van der Waals surface area (Å²) >= 11 is 5.92. The van der Waals surface area contributed by atoms with E-state index in [0.717, 1.165) is 44.3 Å². The highest BCUT2D eigenvalue weighted by atomic mass is 35.5. The van der Waals surface area contributed by atoms with Gasteiger partial charge in [-0.1, -0.05) is 11.6 Å². The van der Waals surface area contributed by atoms with Crippen molar-refractivity contribution in [3.63, 3.8) is 0 Å². The quantitative estimate of drug-likeness (QED) is 0.877. The van der Waals surface area contributed by atoms with Crippen LogP contribution in [0.5, 0.6) is 0 Å². The monoisotopic (exact) mass is 309 g/mol. The standard InChI is InChI=1S/C15H20ClN3O2/c16-12-1-3-13(4-2-12)18-5-7-19(8-6-18)15(9-14(20)21)10-17-11-15/h1-4,17H,5-11H2,(H,20,21). The van der Waals surface area contributed by atoms with Gasteiger partial charge < -0.3 is 15.3 Å². The summed E-state index contributed by atoms with van der Waals surface area (Å²) in [6.45, 7) is 5.20. The zero-order valence-corrected chi connectivity index (χ0v) is 12.6. The molecule has 2 aliphatic heterocycles. The van der Waals surface area contributed by atoms with E-state index in [1.54, 1.807) is 0 Å². The van der Waals surface area contributed by atoms with Crippen LogP contribution in [-0.2, 0) is 4.79 Å². The molecule has 2 heterocycles. The van der Waals surface area contributed by atoms with E-state index >= 15 is 0 Å². The van der Waals surface area contributed by atoms with Crippen LogP contribution < -0.4 is 10.2 Å². The van der Waals surface area contributed by atoms with E-state index in [4.69, 9.17) is 16.7 Å². The molecule has 0 spiro atoms. The molecular weight excluding hydrogens is 290 g/mol. The van der Waals surface area contributed by atoms with Crippen molar-refractivity contribution in [1.29, 1.82) is 0 Å². The van der Waals surface area contributed by atoms with Gasteiger partial charge in [0.05, 0.1) is 12.0 Å². The van der Waals surface area contributed by atoms with Crippen LogP contribution in [0.4, 0.5) is 5.69 Å². The smallest absolute Gasteiger partial charge is 0.305 e. The lowest BCUT2D eigenvalue weighted by atomic mass is 9.86. The number of piperazine rings is 1. The van der Waals surface area contributed by atoms with Gasteiger partial charge in [0.2, 0.25) is 0 Å². The maximum Gasteiger partial charge on any atom is 0.305 e. The van der Waals surface area contributed by atoms with Crippen molar-refractivity contribution in [2.75, 3.05) is 44.2 Å². The summed E-state index contributed by atoms with van der Waals surface area (Å²) < 4.78 is 0. The van der Waals surface area contributed by atoms with E-state index in [1.165, 1.54) is 5.69 Å². The first-order valence-corrected chi connectivity index (χ1v) is 7.65. The summed E-state index contributed by atoms with van der Waals surface area (Å²) in [6.07, 6.45) is 0.223. The molecule has 21 heavy (non-hydrogen) atoms. The molecule has 2 N–H and O–H groups in total. The second-order valence-electron chi connectivity index (χ2n) is 5.85. The average molecular weight is 310 g/mol. The van der Waals surface area contributed by atoms with E-state index in [-0.39, 0.29) is 12.0 Å². The van der Waals surface area contributed by atoms with Gasteiger partial charge in [0.15, 0.2) is 0 Å². The molecule has 0 atom stereocenters. The molecule has 5 nitrogen and oxygen atoms in total. The SMILES string of the molecule is O=C(O)CC1(N2CCN(c3ccc(Cl)cc3)CC2)CNC1. The normalized spacial score (nSPS) is 21.9. The zero-order chi connectivity index (χ0) is 14.9. The Labute approximate surface area is 129 Å². The average Bonchev–Trinajstić information content (AvgIpc) is 2.44. The first-order chi connectivity index (χ1) is 10.1. The predicted octanol–water partition coefficient (Wildman–Crippen LogP) is 1.28. The van der Waals surface area contributed by atoms with Crippen LogP contribution in [0.15, 0.2) is 24.3 Å². The largest absolute Gasteiger partial charge is 0.481 e. The first kappa shape index (κ1) is 14.6. The molecule has 2 saturated heterocycles. The highest BCUT2D eigenvalue weighted by molar-refractivity contribution is 6.30. The highest BCUT2D eigenvalue weighted by Gasteiger charge is 2.45. The fourth-order valence-corrected chi connectivity index (χ4v) is 3.37. The number of rotatable bonds is 4. The van der Waals surface area contributed by atoms with Crippen LogP contribution in [0, 0.1) is 0 Å².